The van der Waals surface area contributed by atoms with Crippen molar-refractivity contribution in [2.75, 3.05) is 18.0 Å². The zero-order chi connectivity index (χ0) is 10.7. The van der Waals surface area contributed by atoms with Gasteiger partial charge in [-0.15, -0.1) is 0 Å². The highest BCUT2D eigenvalue weighted by Gasteiger charge is 2.18. The second-order valence-electron chi connectivity index (χ2n) is 3.57. The van der Waals surface area contributed by atoms with E-state index < -0.39 is 0 Å². The van der Waals surface area contributed by atoms with E-state index in [0.717, 1.165) is 25.9 Å². The largest absolute Gasteiger partial charge is 0.393 e. The lowest BCUT2D eigenvalue weighted by atomic mass is 10.1. The van der Waals surface area contributed by atoms with E-state index >= 15 is 0 Å². The van der Waals surface area contributed by atoms with E-state index in [2.05, 4.69) is 9.97 Å². The molecule has 0 saturated carbocycles. The first-order valence-corrected chi connectivity index (χ1v) is 4.96. The predicted octanol–water partition coefficient (Wildman–Crippen LogP) is 0.309. The predicted molar refractivity (Wildman–Crippen MR) is 54.2 cm³/mol. The third kappa shape index (κ3) is 2.22. The maximum absolute atomic E-state index is 9.35. The van der Waals surface area contributed by atoms with Crippen molar-refractivity contribution in [3.05, 3.63) is 18.0 Å². The SMILES string of the molecule is N#Cc1ccnc(N2CCC(O)CC2)n1. The molecule has 0 amide bonds. The van der Waals surface area contributed by atoms with Crippen LogP contribution in [0.1, 0.15) is 18.5 Å². The van der Waals surface area contributed by atoms with Crippen molar-refractivity contribution < 1.29 is 5.11 Å². The van der Waals surface area contributed by atoms with Crippen LogP contribution >= 0.6 is 0 Å². The van der Waals surface area contributed by atoms with Gasteiger partial charge in [-0.3, -0.25) is 0 Å². The van der Waals surface area contributed by atoms with Gasteiger partial charge in [0.1, 0.15) is 11.8 Å². The molecule has 0 unspecified atom stereocenters. The Hall–Kier alpha value is -1.67. The summed E-state index contributed by atoms with van der Waals surface area (Å²) in [5, 5.41) is 18.1. The second kappa shape index (κ2) is 4.24. The number of hydrogen-bond acceptors (Lipinski definition) is 5. The monoisotopic (exact) mass is 204 g/mol. The van der Waals surface area contributed by atoms with Crippen LogP contribution in [0.25, 0.3) is 0 Å². The molecule has 0 aromatic carbocycles. The van der Waals surface area contributed by atoms with Crippen molar-refractivity contribution in [3.63, 3.8) is 0 Å². The molecule has 1 aromatic heterocycles. The number of aliphatic hydroxyl groups excluding tert-OH is 1. The lowest BCUT2D eigenvalue weighted by Crippen LogP contribution is -2.36. The fraction of sp³-hybridized carbons (Fsp3) is 0.500. The Bertz CT molecular complexity index is 379. The number of rotatable bonds is 1. The molecule has 1 aliphatic rings. The first-order valence-electron chi connectivity index (χ1n) is 4.96. The highest BCUT2D eigenvalue weighted by Crippen LogP contribution is 2.15. The number of aliphatic hydroxyl groups is 1. The van der Waals surface area contributed by atoms with Crippen LogP contribution in [0.2, 0.25) is 0 Å². The van der Waals surface area contributed by atoms with Crippen LogP contribution in [0, 0.1) is 11.3 Å². The Labute approximate surface area is 88.0 Å². The lowest BCUT2D eigenvalue weighted by Gasteiger charge is -2.29. The summed E-state index contributed by atoms with van der Waals surface area (Å²) in [5.41, 5.74) is 0.381. The molecular weight excluding hydrogens is 192 g/mol. The molecule has 2 rings (SSSR count). The molecule has 0 radical (unpaired) electrons. The standard InChI is InChI=1S/C10H12N4O/c11-7-8-1-4-12-10(13-8)14-5-2-9(15)3-6-14/h1,4,9,15H,2-3,5-6H2. The Balaban J connectivity index is 2.12. The molecule has 1 N–H and O–H groups in total. The molecular formula is C10H12N4O. The Kier molecular flexibility index (Phi) is 2.79. The van der Waals surface area contributed by atoms with Gasteiger partial charge < -0.3 is 10.0 Å². The summed E-state index contributed by atoms with van der Waals surface area (Å²) in [5.74, 6) is 0.584. The summed E-state index contributed by atoms with van der Waals surface area (Å²) >= 11 is 0. The summed E-state index contributed by atoms with van der Waals surface area (Å²) in [6.07, 6.45) is 2.85. The zero-order valence-electron chi connectivity index (χ0n) is 8.30. The molecule has 1 aliphatic heterocycles. The number of anilines is 1. The van der Waals surface area contributed by atoms with Crippen LogP contribution in [0.5, 0.6) is 0 Å². The van der Waals surface area contributed by atoms with Crippen molar-refractivity contribution in [1.82, 2.24) is 9.97 Å². The lowest BCUT2D eigenvalue weighted by molar-refractivity contribution is 0.145. The van der Waals surface area contributed by atoms with Crippen LogP contribution in [0.4, 0.5) is 5.95 Å². The minimum atomic E-state index is -0.208. The molecule has 15 heavy (non-hydrogen) atoms. The summed E-state index contributed by atoms with van der Waals surface area (Å²) in [4.78, 5) is 10.2. The van der Waals surface area contributed by atoms with E-state index in [9.17, 15) is 5.11 Å². The second-order valence-corrected chi connectivity index (χ2v) is 3.57. The van der Waals surface area contributed by atoms with Crippen LogP contribution in [0.3, 0.4) is 0 Å². The Morgan fingerprint density at radius 3 is 2.87 bits per heavy atom. The van der Waals surface area contributed by atoms with Gasteiger partial charge in [-0.25, -0.2) is 9.97 Å². The summed E-state index contributed by atoms with van der Waals surface area (Å²) in [6, 6.07) is 3.57. The van der Waals surface area contributed by atoms with Crippen LogP contribution in [-0.4, -0.2) is 34.3 Å². The van der Waals surface area contributed by atoms with Gasteiger partial charge >= 0.3 is 0 Å². The van der Waals surface area contributed by atoms with Crippen LogP contribution in [-0.2, 0) is 0 Å². The quantitative estimate of drug-likeness (QED) is 0.712. The molecule has 2 heterocycles. The first kappa shape index (κ1) is 9.87. The number of piperidine rings is 1. The maximum atomic E-state index is 9.35. The highest BCUT2D eigenvalue weighted by atomic mass is 16.3. The third-order valence-electron chi connectivity index (χ3n) is 2.50. The van der Waals surface area contributed by atoms with E-state index in [-0.39, 0.29) is 6.10 Å². The van der Waals surface area contributed by atoms with E-state index in [1.165, 1.54) is 0 Å². The first-order chi connectivity index (χ1) is 7.29. The summed E-state index contributed by atoms with van der Waals surface area (Å²) < 4.78 is 0. The van der Waals surface area contributed by atoms with E-state index in [4.69, 9.17) is 5.26 Å². The smallest absolute Gasteiger partial charge is 0.226 e. The molecule has 0 bridgehead atoms. The number of nitriles is 1. The van der Waals surface area contributed by atoms with E-state index in [1.54, 1.807) is 12.3 Å². The Morgan fingerprint density at radius 1 is 1.47 bits per heavy atom. The average molecular weight is 204 g/mol. The van der Waals surface area contributed by atoms with Gasteiger partial charge in [0.25, 0.3) is 0 Å². The fourth-order valence-electron chi connectivity index (χ4n) is 1.63. The van der Waals surface area contributed by atoms with Crippen molar-refractivity contribution >= 4 is 5.95 Å². The van der Waals surface area contributed by atoms with E-state index in [0.29, 0.717) is 11.6 Å². The Morgan fingerprint density at radius 2 is 2.20 bits per heavy atom. The molecule has 0 aliphatic carbocycles. The topological polar surface area (TPSA) is 73.0 Å². The zero-order valence-corrected chi connectivity index (χ0v) is 8.30. The number of hydrogen-bond donors (Lipinski definition) is 1. The highest BCUT2D eigenvalue weighted by molar-refractivity contribution is 5.34. The molecule has 0 atom stereocenters. The summed E-state index contributed by atoms with van der Waals surface area (Å²) in [6.45, 7) is 1.49. The fourth-order valence-corrected chi connectivity index (χ4v) is 1.63. The third-order valence-corrected chi connectivity index (χ3v) is 2.50. The van der Waals surface area contributed by atoms with Crippen LogP contribution < -0.4 is 4.90 Å². The molecule has 5 nitrogen and oxygen atoms in total. The van der Waals surface area contributed by atoms with Crippen molar-refractivity contribution in [2.24, 2.45) is 0 Å². The van der Waals surface area contributed by atoms with Gasteiger partial charge in [-0.2, -0.15) is 5.26 Å². The minimum absolute atomic E-state index is 0.208. The maximum Gasteiger partial charge on any atom is 0.226 e. The molecule has 1 saturated heterocycles. The van der Waals surface area contributed by atoms with E-state index in [1.807, 2.05) is 11.0 Å². The molecule has 78 valence electrons. The molecule has 5 heteroatoms. The van der Waals surface area contributed by atoms with Gasteiger partial charge in [-0.05, 0) is 18.9 Å². The van der Waals surface area contributed by atoms with Gasteiger partial charge in [0.15, 0.2) is 0 Å². The van der Waals surface area contributed by atoms with Gasteiger partial charge in [0.2, 0.25) is 5.95 Å². The normalized spacial score (nSPS) is 17.5. The van der Waals surface area contributed by atoms with Crippen molar-refractivity contribution in [2.45, 2.75) is 18.9 Å². The minimum Gasteiger partial charge on any atom is -0.393 e. The van der Waals surface area contributed by atoms with Gasteiger partial charge in [-0.1, -0.05) is 0 Å². The van der Waals surface area contributed by atoms with Crippen LogP contribution in [0.15, 0.2) is 12.3 Å². The van der Waals surface area contributed by atoms with Crippen molar-refractivity contribution in [1.29, 1.82) is 5.26 Å². The van der Waals surface area contributed by atoms with Gasteiger partial charge in [0, 0.05) is 19.3 Å². The van der Waals surface area contributed by atoms with Crippen molar-refractivity contribution in [3.8, 4) is 6.07 Å². The number of nitrogens with zero attached hydrogens (tertiary/aromatic N) is 4. The molecule has 0 spiro atoms. The van der Waals surface area contributed by atoms with Gasteiger partial charge in [0.05, 0.1) is 6.10 Å². The number of aromatic nitrogens is 2. The molecule has 1 aromatic rings. The average Bonchev–Trinajstić information content (AvgIpc) is 2.30. The molecule has 1 fully saturated rings. The summed E-state index contributed by atoms with van der Waals surface area (Å²) in [7, 11) is 0.